The average molecular weight is 398 g/mol. The summed E-state index contributed by atoms with van der Waals surface area (Å²) in [5, 5.41) is 0. The normalized spacial score (nSPS) is 18.0. The minimum Gasteiger partial charge on any atom is -0.493 e. The fraction of sp³-hybridized carbons (Fsp3) is 0.556. The molecular weight excluding hydrogens is 372 g/mol. The summed E-state index contributed by atoms with van der Waals surface area (Å²) in [6.07, 6.45) is 0.553. The van der Waals surface area contributed by atoms with Gasteiger partial charge in [0.2, 0.25) is 11.8 Å². The Morgan fingerprint density at radius 2 is 1.85 bits per heavy atom. The van der Waals surface area contributed by atoms with E-state index in [1.54, 1.807) is 25.2 Å². The van der Waals surface area contributed by atoms with Gasteiger partial charge in [-0.25, -0.2) is 8.42 Å². The van der Waals surface area contributed by atoms with Gasteiger partial charge in [0.25, 0.3) is 0 Å². The van der Waals surface area contributed by atoms with E-state index in [1.165, 1.54) is 30.9 Å². The number of rotatable bonds is 7. The number of ether oxygens (including phenoxy) is 2. The number of benzene rings is 1. The number of carbonyl (C=O) groups is 2. The molecule has 2 amide bonds. The highest BCUT2D eigenvalue weighted by Crippen LogP contribution is 2.31. The molecule has 0 radical (unpaired) electrons. The summed E-state index contributed by atoms with van der Waals surface area (Å²) in [5.74, 6) is 0.746. The molecule has 150 valence electrons. The number of carbonyl (C=O) groups excluding carboxylic acids is 2. The third-order valence-corrected chi connectivity index (χ3v) is 6.51. The first-order valence-corrected chi connectivity index (χ1v) is 10.5. The van der Waals surface area contributed by atoms with Crippen LogP contribution in [0.15, 0.2) is 18.2 Å². The second kappa shape index (κ2) is 8.60. The number of amides is 2. The van der Waals surface area contributed by atoms with Crippen molar-refractivity contribution in [2.24, 2.45) is 0 Å². The molecule has 0 N–H and O–H groups in total. The Balaban J connectivity index is 2.06. The summed E-state index contributed by atoms with van der Waals surface area (Å²) in [5.41, 5.74) is 0.596. The predicted molar refractivity (Wildman–Crippen MR) is 102 cm³/mol. The zero-order valence-corrected chi connectivity index (χ0v) is 16.9. The van der Waals surface area contributed by atoms with Crippen molar-refractivity contribution in [1.82, 2.24) is 4.90 Å². The van der Waals surface area contributed by atoms with E-state index >= 15 is 0 Å². The number of nitrogens with zero attached hydrogens (tertiary/aromatic N) is 2. The zero-order chi connectivity index (χ0) is 20.2. The van der Waals surface area contributed by atoms with Gasteiger partial charge in [-0.15, -0.1) is 0 Å². The average Bonchev–Trinajstić information content (AvgIpc) is 3.00. The maximum absolute atomic E-state index is 12.5. The second-order valence-corrected chi connectivity index (χ2v) is 8.75. The summed E-state index contributed by atoms with van der Waals surface area (Å²) in [7, 11) is 1.59. The van der Waals surface area contributed by atoms with Gasteiger partial charge in [-0.1, -0.05) is 0 Å². The molecule has 1 heterocycles. The summed E-state index contributed by atoms with van der Waals surface area (Å²) in [4.78, 5) is 27.5. The lowest BCUT2D eigenvalue weighted by Crippen LogP contribution is -2.40. The monoisotopic (exact) mass is 398 g/mol. The Morgan fingerprint density at radius 1 is 1.19 bits per heavy atom. The molecular formula is C18H26N2O6S. The van der Waals surface area contributed by atoms with Crippen molar-refractivity contribution < 1.29 is 27.5 Å². The molecule has 0 saturated carbocycles. The smallest absolute Gasteiger partial charge is 0.224 e. The lowest BCUT2D eigenvalue weighted by atomic mass is 10.2. The van der Waals surface area contributed by atoms with E-state index in [9.17, 15) is 18.0 Å². The van der Waals surface area contributed by atoms with Crippen molar-refractivity contribution in [2.45, 2.75) is 25.8 Å². The van der Waals surface area contributed by atoms with E-state index in [1.807, 2.05) is 0 Å². The lowest BCUT2D eigenvalue weighted by molar-refractivity contribution is -0.131. The first-order chi connectivity index (χ1) is 12.7. The fourth-order valence-electron chi connectivity index (χ4n) is 3.13. The van der Waals surface area contributed by atoms with Gasteiger partial charge in [-0.3, -0.25) is 9.59 Å². The van der Waals surface area contributed by atoms with Gasteiger partial charge < -0.3 is 19.3 Å². The zero-order valence-electron chi connectivity index (χ0n) is 16.1. The molecule has 9 heteroatoms. The van der Waals surface area contributed by atoms with Crippen molar-refractivity contribution >= 4 is 27.3 Å². The molecule has 1 aromatic carbocycles. The number of anilines is 1. The molecule has 1 aliphatic heterocycles. The van der Waals surface area contributed by atoms with Crippen molar-refractivity contribution in [3.63, 3.8) is 0 Å². The first-order valence-electron chi connectivity index (χ1n) is 8.64. The van der Waals surface area contributed by atoms with Crippen LogP contribution in [-0.2, 0) is 19.4 Å². The van der Waals surface area contributed by atoms with E-state index in [0.29, 0.717) is 23.6 Å². The predicted octanol–water partition coefficient (Wildman–Crippen LogP) is 1.09. The van der Waals surface area contributed by atoms with Gasteiger partial charge in [0.05, 0.1) is 25.7 Å². The molecule has 8 nitrogen and oxygen atoms in total. The maximum Gasteiger partial charge on any atom is 0.224 e. The summed E-state index contributed by atoms with van der Waals surface area (Å²) < 4.78 is 33.7. The van der Waals surface area contributed by atoms with Gasteiger partial charge in [0.15, 0.2) is 21.3 Å². The molecule has 1 atom stereocenters. The standard InChI is InChI=1S/C18H26N2O6S/c1-13(21)20(14-5-6-16(25-3)17(11-14)26-4)9-7-18(22)19(2)15-8-10-27(23,24)12-15/h5-6,11,15H,7-10,12H2,1-4H3. The van der Waals surface area contributed by atoms with Crippen LogP contribution in [0.2, 0.25) is 0 Å². The lowest BCUT2D eigenvalue weighted by Gasteiger charge is -2.26. The Bertz CT molecular complexity index is 808. The van der Waals surface area contributed by atoms with Gasteiger partial charge in [0, 0.05) is 44.7 Å². The van der Waals surface area contributed by atoms with Crippen LogP contribution in [0.1, 0.15) is 19.8 Å². The number of hydrogen-bond donors (Lipinski definition) is 0. The molecule has 1 aliphatic rings. The highest BCUT2D eigenvalue weighted by atomic mass is 32.2. The van der Waals surface area contributed by atoms with Gasteiger partial charge >= 0.3 is 0 Å². The van der Waals surface area contributed by atoms with Gasteiger partial charge in [-0.05, 0) is 18.6 Å². The van der Waals surface area contributed by atoms with Gasteiger partial charge in [0.1, 0.15) is 0 Å². The number of hydrogen-bond acceptors (Lipinski definition) is 6. The Kier molecular flexibility index (Phi) is 6.69. The van der Waals surface area contributed by atoms with E-state index in [0.717, 1.165) is 0 Å². The minimum atomic E-state index is -3.06. The van der Waals surface area contributed by atoms with Crippen LogP contribution in [0.4, 0.5) is 5.69 Å². The highest BCUT2D eigenvalue weighted by Gasteiger charge is 2.32. The highest BCUT2D eigenvalue weighted by molar-refractivity contribution is 7.91. The Morgan fingerprint density at radius 3 is 2.37 bits per heavy atom. The van der Waals surface area contributed by atoms with Crippen LogP contribution in [0.5, 0.6) is 11.5 Å². The molecule has 0 aromatic heterocycles. The molecule has 0 bridgehead atoms. The van der Waals surface area contributed by atoms with Crippen LogP contribution in [0.25, 0.3) is 0 Å². The van der Waals surface area contributed by atoms with E-state index in [-0.39, 0.29) is 42.3 Å². The quantitative estimate of drug-likeness (QED) is 0.683. The largest absolute Gasteiger partial charge is 0.493 e. The SMILES string of the molecule is COc1ccc(N(CCC(=O)N(C)C2CCS(=O)(=O)C2)C(C)=O)cc1OC. The van der Waals surface area contributed by atoms with E-state index < -0.39 is 9.84 Å². The summed E-state index contributed by atoms with van der Waals surface area (Å²) in [6.45, 7) is 1.61. The topological polar surface area (TPSA) is 93.2 Å². The third-order valence-electron chi connectivity index (χ3n) is 4.76. The molecule has 1 saturated heterocycles. The summed E-state index contributed by atoms with van der Waals surface area (Å²) >= 11 is 0. The van der Waals surface area contributed by atoms with Crippen LogP contribution >= 0.6 is 0 Å². The van der Waals surface area contributed by atoms with E-state index in [2.05, 4.69) is 0 Å². The molecule has 1 aromatic rings. The Hall–Kier alpha value is -2.29. The van der Waals surface area contributed by atoms with Crippen molar-refractivity contribution in [3.05, 3.63) is 18.2 Å². The number of methoxy groups -OCH3 is 2. The van der Waals surface area contributed by atoms with Gasteiger partial charge in [-0.2, -0.15) is 0 Å². The molecule has 1 fully saturated rings. The molecule has 0 aliphatic carbocycles. The second-order valence-electron chi connectivity index (χ2n) is 6.52. The van der Waals surface area contributed by atoms with Crippen LogP contribution in [-0.4, -0.2) is 70.5 Å². The van der Waals surface area contributed by atoms with Crippen LogP contribution in [0.3, 0.4) is 0 Å². The maximum atomic E-state index is 12.5. The van der Waals surface area contributed by atoms with Crippen molar-refractivity contribution in [3.8, 4) is 11.5 Å². The van der Waals surface area contributed by atoms with Crippen molar-refractivity contribution in [2.75, 3.05) is 44.2 Å². The minimum absolute atomic E-state index is 0.00133. The first kappa shape index (κ1) is 21.0. The number of sulfone groups is 1. The molecule has 0 spiro atoms. The molecule has 1 unspecified atom stereocenters. The fourth-order valence-corrected chi connectivity index (χ4v) is 4.90. The Labute approximate surface area is 160 Å². The summed E-state index contributed by atoms with van der Waals surface area (Å²) in [6, 6.07) is 4.80. The molecule has 27 heavy (non-hydrogen) atoms. The van der Waals surface area contributed by atoms with Crippen LogP contribution < -0.4 is 14.4 Å². The third kappa shape index (κ3) is 5.12. The molecule has 2 rings (SSSR count). The van der Waals surface area contributed by atoms with E-state index in [4.69, 9.17) is 9.47 Å². The van der Waals surface area contributed by atoms with Crippen molar-refractivity contribution in [1.29, 1.82) is 0 Å². The van der Waals surface area contributed by atoms with Crippen LogP contribution in [0, 0.1) is 0 Å².